The zero-order valence-corrected chi connectivity index (χ0v) is 16.0. The summed E-state index contributed by atoms with van der Waals surface area (Å²) in [5.41, 5.74) is 3.24. The summed E-state index contributed by atoms with van der Waals surface area (Å²) in [6.07, 6.45) is 4.13. The number of carbonyl (C=O) groups is 1. The molecule has 0 unspecified atom stereocenters. The Balaban J connectivity index is 1.58. The Labute approximate surface area is 161 Å². The van der Waals surface area contributed by atoms with Crippen molar-refractivity contribution in [1.29, 1.82) is 0 Å². The van der Waals surface area contributed by atoms with Crippen molar-refractivity contribution in [1.82, 2.24) is 0 Å². The van der Waals surface area contributed by atoms with Crippen LogP contribution < -0.4 is 5.63 Å². The number of sulfone groups is 1. The molecule has 0 saturated heterocycles. The van der Waals surface area contributed by atoms with Crippen LogP contribution in [0.3, 0.4) is 0 Å². The number of benzene rings is 2. The highest BCUT2D eigenvalue weighted by Gasteiger charge is 2.16. The molecule has 7 heteroatoms. The largest absolute Gasteiger partial charge is 0.457 e. The molecule has 0 radical (unpaired) electrons. The second-order valence-corrected chi connectivity index (χ2v) is 8.95. The Bertz CT molecular complexity index is 1240. The molecular formula is C21H18O6S. The molecule has 0 amide bonds. The molecule has 28 heavy (non-hydrogen) atoms. The van der Waals surface area contributed by atoms with E-state index in [-0.39, 0.29) is 17.1 Å². The summed E-state index contributed by atoms with van der Waals surface area (Å²) >= 11 is 0. The summed E-state index contributed by atoms with van der Waals surface area (Å²) in [5, 5.41) is 0.764. The molecule has 144 valence electrons. The first-order chi connectivity index (χ1) is 13.3. The second-order valence-electron chi connectivity index (χ2n) is 6.93. The fraction of sp³-hybridized carbons (Fsp3) is 0.238. The summed E-state index contributed by atoms with van der Waals surface area (Å²) in [5.74, 6) is -0.595. The van der Waals surface area contributed by atoms with E-state index in [1.54, 1.807) is 0 Å². The average Bonchev–Trinajstić information content (AvgIpc) is 3.11. The van der Waals surface area contributed by atoms with Gasteiger partial charge < -0.3 is 9.15 Å². The number of hydrogen-bond acceptors (Lipinski definition) is 6. The van der Waals surface area contributed by atoms with Crippen LogP contribution in [0.5, 0.6) is 0 Å². The average molecular weight is 398 g/mol. The highest BCUT2D eigenvalue weighted by atomic mass is 32.2. The summed E-state index contributed by atoms with van der Waals surface area (Å²) in [6, 6.07) is 10.8. The van der Waals surface area contributed by atoms with Gasteiger partial charge in [0.1, 0.15) is 12.2 Å². The van der Waals surface area contributed by atoms with Crippen molar-refractivity contribution in [3.8, 4) is 0 Å². The van der Waals surface area contributed by atoms with E-state index in [4.69, 9.17) is 9.15 Å². The first-order valence-corrected chi connectivity index (χ1v) is 10.8. The van der Waals surface area contributed by atoms with E-state index < -0.39 is 21.4 Å². The Morgan fingerprint density at radius 3 is 2.43 bits per heavy atom. The Kier molecular flexibility index (Phi) is 4.55. The van der Waals surface area contributed by atoms with Crippen molar-refractivity contribution in [2.75, 3.05) is 6.26 Å². The standard InChI is InChI=1S/C21H18O6S/c1-28(24,25)17-7-5-13(6-8-17)21(23)26-12-16-11-20(22)27-19-10-15-4-2-3-14(15)9-18(16)19/h5-11H,2-4,12H2,1H3. The molecule has 1 aromatic heterocycles. The van der Waals surface area contributed by atoms with Crippen molar-refractivity contribution >= 4 is 26.8 Å². The molecule has 4 rings (SSSR count). The molecular weight excluding hydrogens is 380 g/mol. The summed E-state index contributed by atoms with van der Waals surface area (Å²) in [7, 11) is -3.33. The van der Waals surface area contributed by atoms with Gasteiger partial charge in [-0.1, -0.05) is 0 Å². The van der Waals surface area contributed by atoms with E-state index in [1.807, 2.05) is 12.1 Å². The second kappa shape index (κ2) is 6.91. The summed E-state index contributed by atoms with van der Waals surface area (Å²) in [6.45, 7) is -0.0758. The highest BCUT2D eigenvalue weighted by Crippen LogP contribution is 2.28. The van der Waals surface area contributed by atoms with Gasteiger partial charge in [-0.2, -0.15) is 0 Å². The van der Waals surface area contributed by atoms with Crippen molar-refractivity contribution in [2.24, 2.45) is 0 Å². The lowest BCUT2D eigenvalue weighted by Crippen LogP contribution is -2.08. The fourth-order valence-corrected chi connectivity index (χ4v) is 4.11. The van der Waals surface area contributed by atoms with Gasteiger partial charge in [-0.3, -0.25) is 0 Å². The van der Waals surface area contributed by atoms with E-state index in [0.29, 0.717) is 11.1 Å². The molecule has 1 aliphatic carbocycles. The molecule has 0 aliphatic heterocycles. The minimum absolute atomic E-state index is 0.0758. The van der Waals surface area contributed by atoms with Gasteiger partial charge >= 0.3 is 11.6 Å². The zero-order chi connectivity index (χ0) is 19.9. The Morgan fingerprint density at radius 1 is 1.07 bits per heavy atom. The maximum Gasteiger partial charge on any atom is 0.338 e. The number of esters is 1. The minimum Gasteiger partial charge on any atom is -0.457 e. The quantitative estimate of drug-likeness (QED) is 0.496. The minimum atomic E-state index is -3.33. The first-order valence-electron chi connectivity index (χ1n) is 8.87. The number of aryl methyl sites for hydroxylation is 2. The molecule has 0 N–H and O–H groups in total. The van der Waals surface area contributed by atoms with Gasteiger partial charge in [0.15, 0.2) is 9.84 Å². The number of rotatable bonds is 4. The normalized spacial score (nSPS) is 13.5. The number of carbonyl (C=O) groups excluding carboxylic acids is 1. The van der Waals surface area contributed by atoms with Crippen molar-refractivity contribution in [2.45, 2.75) is 30.8 Å². The number of ether oxygens (including phenoxy) is 1. The maximum atomic E-state index is 12.3. The smallest absolute Gasteiger partial charge is 0.338 e. The molecule has 6 nitrogen and oxygen atoms in total. The van der Waals surface area contributed by atoms with E-state index in [9.17, 15) is 18.0 Å². The first kappa shape index (κ1) is 18.4. The molecule has 2 aromatic carbocycles. The maximum absolute atomic E-state index is 12.3. The van der Waals surface area contributed by atoms with Crippen LogP contribution in [0.1, 0.15) is 33.5 Å². The summed E-state index contributed by atoms with van der Waals surface area (Å²) in [4.78, 5) is 24.3. The molecule has 0 bridgehead atoms. The third-order valence-electron chi connectivity index (χ3n) is 4.92. The predicted molar refractivity (Wildman–Crippen MR) is 103 cm³/mol. The molecule has 0 fully saturated rings. The molecule has 1 heterocycles. The lowest BCUT2D eigenvalue weighted by molar-refractivity contribution is 0.0473. The topological polar surface area (TPSA) is 90.6 Å². The van der Waals surface area contributed by atoms with Crippen LogP contribution in [0, 0.1) is 0 Å². The van der Waals surface area contributed by atoms with Crippen LogP contribution in [0.4, 0.5) is 0 Å². The van der Waals surface area contributed by atoms with Gasteiger partial charge in [-0.05, 0) is 66.8 Å². The number of hydrogen-bond donors (Lipinski definition) is 0. The van der Waals surface area contributed by atoms with Crippen molar-refractivity contribution in [3.63, 3.8) is 0 Å². The van der Waals surface area contributed by atoms with Crippen LogP contribution in [0.15, 0.2) is 56.6 Å². The SMILES string of the molecule is CS(=O)(=O)c1ccc(C(=O)OCc2cc(=O)oc3cc4c(cc23)CCC4)cc1. The van der Waals surface area contributed by atoms with E-state index >= 15 is 0 Å². The van der Waals surface area contributed by atoms with E-state index in [1.165, 1.54) is 41.5 Å². The van der Waals surface area contributed by atoms with Gasteiger partial charge in [-0.25, -0.2) is 18.0 Å². The molecule has 0 atom stereocenters. The van der Waals surface area contributed by atoms with Crippen LogP contribution >= 0.6 is 0 Å². The van der Waals surface area contributed by atoms with Crippen LogP contribution in [-0.2, 0) is 34.0 Å². The Morgan fingerprint density at radius 2 is 1.75 bits per heavy atom. The molecule has 3 aromatic rings. The van der Waals surface area contributed by atoms with Gasteiger partial charge in [0.05, 0.1) is 10.5 Å². The lowest BCUT2D eigenvalue weighted by atomic mass is 10.0. The highest BCUT2D eigenvalue weighted by molar-refractivity contribution is 7.90. The van der Waals surface area contributed by atoms with Crippen LogP contribution in [-0.4, -0.2) is 20.6 Å². The molecule has 1 aliphatic rings. The molecule has 0 spiro atoms. The van der Waals surface area contributed by atoms with Crippen molar-refractivity contribution in [3.05, 3.63) is 75.1 Å². The summed E-state index contributed by atoms with van der Waals surface area (Å²) < 4.78 is 33.7. The number of fused-ring (bicyclic) bond motifs is 2. The third kappa shape index (κ3) is 3.57. The van der Waals surface area contributed by atoms with E-state index in [0.717, 1.165) is 30.9 Å². The van der Waals surface area contributed by atoms with Gasteiger partial charge in [0.2, 0.25) is 0 Å². The zero-order valence-electron chi connectivity index (χ0n) is 15.2. The fourth-order valence-electron chi connectivity index (χ4n) is 3.48. The van der Waals surface area contributed by atoms with Gasteiger partial charge in [0.25, 0.3) is 0 Å². The van der Waals surface area contributed by atoms with E-state index in [2.05, 4.69) is 0 Å². The van der Waals surface area contributed by atoms with Crippen molar-refractivity contribution < 1.29 is 22.4 Å². The molecule has 0 saturated carbocycles. The van der Waals surface area contributed by atoms with Crippen LogP contribution in [0.2, 0.25) is 0 Å². The Hall–Kier alpha value is -2.93. The van der Waals surface area contributed by atoms with Gasteiger partial charge in [0, 0.05) is 23.3 Å². The lowest BCUT2D eigenvalue weighted by Gasteiger charge is -2.09. The predicted octanol–water partition coefficient (Wildman–Crippen LogP) is 3.04. The van der Waals surface area contributed by atoms with Crippen LogP contribution in [0.25, 0.3) is 11.0 Å². The monoisotopic (exact) mass is 398 g/mol. The van der Waals surface area contributed by atoms with Gasteiger partial charge in [-0.15, -0.1) is 0 Å². The third-order valence-corrected chi connectivity index (χ3v) is 6.05.